The molecular formula is C20H28N6O2S. The molecule has 0 bridgehead atoms. The fourth-order valence-electron chi connectivity index (χ4n) is 3.41. The van der Waals surface area contributed by atoms with E-state index in [1.165, 1.54) is 11.8 Å². The standard InChI is InChI=1S/C20H28N6O2S/c1-15(2)22-20(28)17-13-25(24-23-17)12-9-16-7-4-6-11-26(16)19(27)14-29-18-8-3-5-10-21-18/h3,5,8,10,13,15-16H,4,6-7,9,11-12,14H2,1-2H3,(H,22,28). The van der Waals surface area contributed by atoms with Crippen molar-refractivity contribution in [1.82, 2.24) is 30.2 Å². The van der Waals surface area contributed by atoms with Crippen molar-refractivity contribution >= 4 is 23.6 Å². The van der Waals surface area contributed by atoms with Crippen LogP contribution in [0, 0.1) is 0 Å². The van der Waals surface area contributed by atoms with Crippen molar-refractivity contribution in [3.8, 4) is 0 Å². The highest BCUT2D eigenvalue weighted by atomic mass is 32.2. The van der Waals surface area contributed by atoms with Crippen LogP contribution in [-0.2, 0) is 11.3 Å². The second-order valence-electron chi connectivity index (χ2n) is 7.48. The molecule has 3 rings (SSSR count). The fourth-order valence-corrected chi connectivity index (χ4v) is 4.16. The van der Waals surface area contributed by atoms with Crippen LogP contribution in [0.15, 0.2) is 35.6 Å². The highest BCUT2D eigenvalue weighted by molar-refractivity contribution is 7.99. The number of hydrogen-bond donors (Lipinski definition) is 1. The first-order valence-corrected chi connectivity index (χ1v) is 11.1. The van der Waals surface area contributed by atoms with E-state index in [0.29, 0.717) is 18.0 Å². The number of aromatic nitrogens is 4. The van der Waals surface area contributed by atoms with Crippen LogP contribution in [0.1, 0.15) is 50.0 Å². The second-order valence-corrected chi connectivity index (χ2v) is 8.47. The number of nitrogens with one attached hydrogen (secondary N) is 1. The van der Waals surface area contributed by atoms with Gasteiger partial charge in [-0.2, -0.15) is 0 Å². The molecule has 9 heteroatoms. The zero-order valence-corrected chi connectivity index (χ0v) is 17.8. The van der Waals surface area contributed by atoms with Crippen LogP contribution in [-0.4, -0.2) is 61.1 Å². The summed E-state index contributed by atoms with van der Waals surface area (Å²) < 4.78 is 1.69. The number of aryl methyl sites for hydroxylation is 1. The van der Waals surface area contributed by atoms with E-state index in [1.54, 1.807) is 17.1 Å². The number of thioether (sulfide) groups is 1. The normalized spacial score (nSPS) is 16.8. The molecule has 1 aliphatic heterocycles. The number of amides is 2. The third kappa shape index (κ3) is 6.28. The lowest BCUT2D eigenvalue weighted by atomic mass is 9.99. The molecule has 1 fully saturated rings. The summed E-state index contributed by atoms with van der Waals surface area (Å²) in [5, 5.41) is 11.7. The van der Waals surface area contributed by atoms with Gasteiger partial charge in [0.2, 0.25) is 5.91 Å². The van der Waals surface area contributed by atoms with Gasteiger partial charge in [0.25, 0.3) is 5.91 Å². The highest BCUT2D eigenvalue weighted by Crippen LogP contribution is 2.23. The van der Waals surface area contributed by atoms with Crippen molar-refractivity contribution in [2.75, 3.05) is 12.3 Å². The molecule has 1 atom stereocenters. The van der Waals surface area contributed by atoms with Crippen LogP contribution >= 0.6 is 11.8 Å². The molecule has 0 aromatic carbocycles. The molecule has 156 valence electrons. The molecule has 2 aromatic rings. The summed E-state index contributed by atoms with van der Waals surface area (Å²) >= 11 is 1.48. The van der Waals surface area contributed by atoms with Crippen LogP contribution in [0.2, 0.25) is 0 Å². The third-order valence-electron chi connectivity index (χ3n) is 4.81. The molecule has 0 radical (unpaired) electrons. The zero-order valence-electron chi connectivity index (χ0n) is 17.0. The third-order valence-corrected chi connectivity index (χ3v) is 5.74. The van der Waals surface area contributed by atoms with Crippen molar-refractivity contribution in [3.05, 3.63) is 36.3 Å². The highest BCUT2D eigenvalue weighted by Gasteiger charge is 2.26. The van der Waals surface area contributed by atoms with E-state index in [9.17, 15) is 9.59 Å². The molecule has 8 nitrogen and oxygen atoms in total. The minimum Gasteiger partial charge on any atom is -0.348 e. The molecule has 1 saturated heterocycles. The van der Waals surface area contributed by atoms with Crippen LogP contribution in [0.4, 0.5) is 0 Å². The van der Waals surface area contributed by atoms with Gasteiger partial charge in [-0.25, -0.2) is 4.98 Å². The van der Waals surface area contributed by atoms with E-state index in [4.69, 9.17) is 0 Å². The number of pyridine rings is 1. The Labute approximate surface area is 175 Å². The zero-order chi connectivity index (χ0) is 20.6. The van der Waals surface area contributed by atoms with Crippen LogP contribution in [0.5, 0.6) is 0 Å². The van der Waals surface area contributed by atoms with Gasteiger partial charge in [0.05, 0.1) is 17.0 Å². The number of carbonyl (C=O) groups is 2. The van der Waals surface area contributed by atoms with Crippen LogP contribution in [0.3, 0.4) is 0 Å². The Hall–Kier alpha value is -2.42. The summed E-state index contributed by atoms with van der Waals surface area (Å²) in [5.74, 6) is 0.337. The maximum atomic E-state index is 12.8. The maximum Gasteiger partial charge on any atom is 0.273 e. The van der Waals surface area contributed by atoms with E-state index in [2.05, 4.69) is 20.6 Å². The monoisotopic (exact) mass is 416 g/mol. The van der Waals surface area contributed by atoms with Gasteiger partial charge in [0, 0.05) is 31.4 Å². The molecular weight excluding hydrogens is 388 g/mol. The molecule has 0 spiro atoms. The molecule has 3 heterocycles. The van der Waals surface area contributed by atoms with Gasteiger partial charge in [-0.05, 0) is 51.7 Å². The Balaban J connectivity index is 1.52. The smallest absolute Gasteiger partial charge is 0.273 e. The second kappa shape index (κ2) is 10.4. The Morgan fingerprint density at radius 1 is 1.31 bits per heavy atom. The van der Waals surface area contributed by atoms with E-state index >= 15 is 0 Å². The first-order chi connectivity index (χ1) is 14.0. The lowest BCUT2D eigenvalue weighted by molar-refractivity contribution is -0.132. The summed E-state index contributed by atoms with van der Waals surface area (Å²) in [6.07, 6.45) is 7.37. The Kier molecular flexibility index (Phi) is 7.62. The number of piperidine rings is 1. The van der Waals surface area contributed by atoms with E-state index in [0.717, 1.165) is 37.3 Å². The summed E-state index contributed by atoms with van der Waals surface area (Å²) in [4.78, 5) is 31.1. The SMILES string of the molecule is CC(C)NC(=O)c1cn(CCC2CCCCN2C(=O)CSc2ccccn2)nn1. The molecule has 29 heavy (non-hydrogen) atoms. The molecule has 1 N–H and O–H groups in total. The van der Waals surface area contributed by atoms with E-state index in [-0.39, 0.29) is 23.9 Å². The Bertz CT molecular complexity index is 810. The Morgan fingerprint density at radius 3 is 2.93 bits per heavy atom. The first kappa shape index (κ1) is 21.3. The van der Waals surface area contributed by atoms with E-state index in [1.807, 2.05) is 36.9 Å². The first-order valence-electron chi connectivity index (χ1n) is 10.1. The largest absolute Gasteiger partial charge is 0.348 e. The average molecular weight is 417 g/mol. The van der Waals surface area contributed by atoms with Gasteiger partial charge < -0.3 is 10.2 Å². The topological polar surface area (TPSA) is 93.0 Å². The summed E-state index contributed by atoms with van der Waals surface area (Å²) in [6.45, 7) is 5.24. The predicted octanol–water partition coefficient (Wildman–Crippen LogP) is 2.37. The van der Waals surface area contributed by atoms with Crippen molar-refractivity contribution in [1.29, 1.82) is 0 Å². The maximum absolute atomic E-state index is 12.8. The fraction of sp³-hybridized carbons (Fsp3) is 0.550. The summed E-state index contributed by atoms with van der Waals surface area (Å²) in [7, 11) is 0. The summed E-state index contributed by atoms with van der Waals surface area (Å²) in [5.41, 5.74) is 0.321. The van der Waals surface area contributed by atoms with Crippen molar-refractivity contribution < 1.29 is 9.59 Å². The van der Waals surface area contributed by atoms with Gasteiger partial charge in [0.1, 0.15) is 0 Å². The lowest BCUT2D eigenvalue weighted by Crippen LogP contribution is -2.45. The number of rotatable bonds is 8. The van der Waals surface area contributed by atoms with E-state index < -0.39 is 0 Å². The van der Waals surface area contributed by atoms with Crippen LogP contribution < -0.4 is 5.32 Å². The molecule has 1 unspecified atom stereocenters. The number of likely N-dealkylation sites (tertiary alicyclic amines) is 1. The minimum absolute atomic E-state index is 0.0541. The van der Waals surface area contributed by atoms with Crippen molar-refractivity contribution in [2.45, 2.75) is 63.2 Å². The molecule has 0 saturated carbocycles. The van der Waals surface area contributed by atoms with Gasteiger partial charge in [-0.1, -0.05) is 23.0 Å². The lowest BCUT2D eigenvalue weighted by Gasteiger charge is -2.35. The molecule has 2 amide bonds. The van der Waals surface area contributed by atoms with Crippen molar-refractivity contribution in [3.63, 3.8) is 0 Å². The van der Waals surface area contributed by atoms with Gasteiger partial charge >= 0.3 is 0 Å². The molecule has 2 aromatic heterocycles. The Morgan fingerprint density at radius 2 is 2.17 bits per heavy atom. The van der Waals surface area contributed by atoms with Crippen molar-refractivity contribution in [2.24, 2.45) is 0 Å². The average Bonchev–Trinajstić information content (AvgIpc) is 3.20. The van der Waals surface area contributed by atoms with Gasteiger partial charge in [-0.3, -0.25) is 14.3 Å². The molecule has 0 aliphatic carbocycles. The summed E-state index contributed by atoms with van der Waals surface area (Å²) in [6, 6.07) is 5.96. The number of hydrogen-bond acceptors (Lipinski definition) is 6. The number of carbonyl (C=O) groups excluding carboxylic acids is 2. The quantitative estimate of drug-likeness (QED) is 0.664. The minimum atomic E-state index is -0.215. The molecule has 1 aliphatic rings. The van der Waals surface area contributed by atoms with Gasteiger partial charge in [-0.15, -0.1) is 5.10 Å². The number of nitrogens with zero attached hydrogens (tertiary/aromatic N) is 5. The van der Waals surface area contributed by atoms with Gasteiger partial charge in [0.15, 0.2) is 5.69 Å². The predicted molar refractivity (Wildman–Crippen MR) is 112 cm³/mol. The van der Waals surface area contributed by atoms with Crippen LogP contribution in [0.25, 0.3) is 0 Å².